The summed E-state index contributed by atoms with van der Waals surface area (Å²) in [4.78, 5) is 14.5. The first-order valence-electron chi connectivity index (χ1n) is 7.20. The lowest BCUT2D eigenvalue weighted by Gasteiger charge is -2.46. The number of anilines is 1. The standard InChI is InChI=1S/C14H23N5/c1-10(2)11-8-13(15-3)17-14(16-11)12-9-18-4-6-19(12)7-5-18/h8,10,12H,4-7,9H2,1-3H3,(H,15,16,17). The molecular formula is C14H23N5. The van der Waals surface area contributed by atoms with Crippen LogP contribution in [0.5, 0.6) is 0 Å². The molecule has 2 bridgehead atoms. The molecule has 4 heterocycles. The second kappa shape index (κ2) is 5.06. The Bertz CT molecular complexity index is 451. The molecule has 0 amide bonds. The summed E-state index contributed by atoms with van der Waals surface area (Å²) in [6.45, 7) is 10.1. The van der Waals surface area contributed by atoms with E-state index < -0.39 is 0 Å². The Balaban J connectivity index is 1.93. The second-order valence-electron chi connectivity index (χ2n) is 5.79. The van der Waals surface area contributed by atoms with Crippen molar-refractivity contribution >= 4 is 5.82 Å². The smallest absolute Gasteiger partial charge is 0.149 e. The summed E-state index contributed by atoms with van der Waals surface area (Å²) in [5, 5.41) is 3.16. The number of hydrogen-bond donors (Lipinski definition) is 1. The van der Waals surface area contributed by atoms with Crippen LogP contribution < -0.4 is 5.32 Å². The first-order valence-corrected chi connectivity index (χ1v) is 7.20. The fourth-order valence-corrected chi connectivity index (χ4v) is 2.92. The third-order valence-corrected chi connectivity index (χ3v) is 4.19. The van der Waals surface area contributed by atoms with Gasteiger partial charge in [0.05, 0.1) is 6.04 Å². The Kier molecular flexibility index (Phi) is 3.41. The van der Waals surface area contributed by atoms with Crippen LogP contribution in [0, 0.1) is 0 Å². The van der Waals surface area contributed by atoms with Crippen molar-refractivity contribution in [1.29, 1.82) is 0 Å². The number of piperazine rings is 3. The molecule has 0 spiro atoms. The molecular weight excluding hydrogens is 238 g/mol. The molecule has 0 radical (unpaired) electrons. The highest BCUT2D eigenvalue weighted by Crippen LogP contribution is 2.28. The average molecular weight is 261 g/mol. The highest BCUT2D eigenvalue weighted by Gasteiger charge is 2.34. The first kappa shape index (κ1) is 12.8. The van der Waals surface area contributed by atoms with Crippen LogP contribution in [0.15, 0.2) is 6.07 Å². The Morgan fingerprint density at radius 1 is 1.21 bits per heavy atom. The van der Waals surface area contributed by atoms with Crippen LogP contribution in [0.25, 0.3) is 0 Å². The number of nitrogens with one attached hydrogen (secondary N) is 1. The van der Waals surface area contributed by atoms with E-state index in [9.17, 15) is 0 Å². The lowest BCUT2D eigenvalue weighted by atomic mass is 10.1. The Morgan fingerprint density at radius 2 is 1.95 bits per heavy atom. The molecule has 19 heavy (non-hydrogen) atoms. The van der Waals surface area contributed by atoms with Crippen molar-refractivity contribution < 1.29 is 0 Å². The van der Waals surface area contributed by atoms with Crippen molar-refractivity contribution in [2.24, 2.45) is 0 Å². The minimum absolute atomic E-state index is 0.369. The maximum atomic E-state index is 4.80. The monoisotopic (exact) mass is 261 g/mol. The largest absolute Gasteiger partial charge is 0.373 e. The zero-order chi connectivity index (χ0) is 13.4. The molecule has 5 heteroatoms. The predicted molar refractivity (Wildman–Crippen MR) is 76.4 cm³/mol. The van der Waals surface area contributed by atoms with Gasteiger partial charge in [0.2, 0.25) is 0 Å². The molecule has 3 saturated heterocycles. The molecule has 0 saturated carbocycles. The summed E-state index contributed by atoms with van der Waals surface area (Å²) in [7, 11) is 1.92. The Morgan fingerprint density at radius 3 is 2.47 bits per heavy atom. The molecule has 1 atom stereocenters. The van der Waals surface area contributed by atoms with Gasteiger partial charge in [0.25, 0.3) is 0 Å². The molecule has 1 unspecified atom stereocenters. The van der Waals surface area contributed by atoms with Gasteiger partial charge in [-0.15, -0.1) is 0 Å². The van der Waals surface area contributed by atoms with Gasteiger partial charge >= 0.3 is 0 Å². The zero-order valence-corrected chi connectivity index (χ0v) is 12.1. The number of fused-ring (bicyclic) bond motifs is 3. The first-order chi connectivity index (χ1) is 9.17. The van der Waals surface area contributed by atoms with Gasteiger partial charge in [0.15, 0.2) is 0 Å². The number of aromatic nitrogens is 2. The highest BCUT2D eigenvalue weighted by molar-refractivity contribution is 5.36. The lowest BCUT2D eigenvalue weighted by Crippen LogP contribution is -2.57. The molecule has 5 nitrogen and oxygen atoms in total. The van der Waals surface area contributed by atoms with Gasteiger partial charge in [-0.25, -0.2) is 9.97 Å². The summed E-state index contributed by atoms with van der Waals surface area (Å²) in [6.07, 6.45) is 0. The Labute approximate surface area is 115 Å². The topological polar surface area (TPSA) is 44.3 Å². The summed E-state index contributed by atoms with van der Waals surface area (Å²) in [6, 6.07) is 2.43. The summed E-state index contributed by atoms with van der Waals surface area (Å²) >= 11 is 0. The van der Waals surface area contributed by atoms with Gasteiger partial charge < -0.3 is 5.32 Å². The number of rotatable bonds is 3. The lowest BCUT2D eigenvalue weighted by molar-refractivity contribution is 0.00860. The van der Waals surface area contributed by atoms with Crippen LogP contribution in [-0.4, -0.2) is 59.5 Å². The molecule has 0 aliphatic carbocycles. The summed E-state index contributed by atoms with van der Waals surface area (Å²) in [5.41, 5.74) is 1.13. The van der Waals surface area contributed by atoms with Crippen LogP contribution in [0.2, 0.25) is 0 Å². The quantitative estimate of drug-likeness (QED) is 0.889. The molecule has 4 rings (SSSR count). The van der Waals surface area contributed by atoms with Crippen LogP contribution in [0.3, 0.4) is 0 Å². The molecule has 3 aliphatic rings. The predicted octanol–water partition coefficient (Wildman–Crippen LogP) is 1.31. The summed E-state index contributed by atoms with van der Waals surface area (Å²) in [5.74, 6) is 2.36. The van der Waals surface area contributed by atoms with E-state index in [0.29, 0.717) is 12.0 Å². The van der Waals surface area contributed by atoms with E-state index >= 15 is 0 Å². The average Bonchev–Trinajstić information content (AvgIpc) is 2.47. The van der Waals surface area contributed by atoms with E-state index in [2.05, 4.69) is 40.0 Å². The van der Waals surface area contributed by atoms with Crippen molar-refractivity contribution in [3.63, 3.8) is 0 Å². The third-order valence-electron chi connectivity index (χ3n) is 4.19. The molecule has 3 aliphatic heterocycles. The fourth-order valence-electron chi connectivity index (χ4n) is 2.92. The number of hydrogen-bond acceptors (Lipinski definition) is 5. The molecule has 104 valence electrons. The van der Waals surface area contributed by atoms with Gasteiger partial charge in [-0.2, -0.15) is 0 Å². The van der Waals surface area contributed by atoms with Gasteiger partial charge in [-0.1, -0.05) is 13.8 Å². The molecule has 0 aromatic carbocycles. The van der Waals surface area contributed by atoms with Crippen molar-refractivity contribution in [3.8, 4) is 0 Å². The van der Waals surface area contributed by atoms with Crippen molar-refractivity contribution in [1.82, 2.24) is 19.8 Å². The highest BCUT2D eigenvalue weighted by atomic mass is 15.4. The fraction of sp³-hybridized carbons (Fsp3) is 0.714. The van der Waals surface area contributed by atoms with Crippen LogP contribution in [-0.2, 0) is 0 Å². The molecule has 3 fully saturated rings. The minimum atomic E-state index is 0.369. The molecule has 1 N–H and O–H groups in total. The van der Waals surface area contributed by atoms with Gasteiger partial charge in [-0.3, -0.25) is 9.80 Å². The van der Waals surface area contributed by atoms with Crippen LogP contribution in [0.1, 0.15) is 37.3 Å². The maximum absolute atomic E-state index is 4.80. The van der Waals surface area contributed by atoms with Gasteiger partial charge in [-0.05, 0) is 5.92 Å². The normalized spacial score (nSPS) is 29.8. The van der Waals surface area contributed by atoms with Crippen LogP contribution in [0.4, 0.5) is 5.82 Å². The van der Waals surface area contributed by atoms with E-state index in [1.807, 2.05) is 7.05 Å². The minimum Gasteiger partial charge on any atom is -0.373 e. The molecule has 1 aromatic heterocycles. The second-order valence-corrected chi connectivity index (χ2v) is 5.79. The Hall–Kier alpha value is -1.20. The third kappa shape index (κ3) is 2.44. The van der Waals surface area contributed by atoms with Crippen molar-refractivity contribution in [3.05, 3.63) is 17.6 Å². The van der Waals surface area contributed by atoms with Gasteiger partial charge in [0, 0.05) is 51.5 Å². The SMILES string of the molecule is CNc1cc(C(C)C)nc(C2CN3CCN2CC3)n1. The maximum Gasteiger partial charge on any atom is 0.149 e. The molecule has 1 aromatic rings. The summed E-state index contributed by atoms with van der Waals surface area (Å²) < 4.78 is 0. The van der Waals surface area contributed by atoms with E-state index in [-0.39, 0.29) is 0 Å². The van der Waals surface area contributed by atoms with E-state index in [1.165, 1.54) is 13.1 Å². The van der Waals surface area contributed by atoms with Crippen molar-refractivity contribution in [2.75, 3.05) is 45.1 Å². The van der Waals surface area contributed by atoms with E-state index in [1.54, 1.807) is 0 Å². The van der Waals surface area contributed by atoms with Crippen molar-refractivity contribution in [2.45, 2.75) is 25.8 Å². The van der Waals surface area contributed by atoms with E-state index in [4.69, 9.17) is 4.98 Å². The van der Waals surface area contributed by atoms with E-state index in [0.717, 1.165) is 37.0 Å². The zero-order valence-electron chi connectivity index (χ0n) is 12.1. The van der Waals surface area contributed by atoms with Crippen LogP contribution >= 0.6 is 0 Å². The number of nitrogens with zero attached hydrogens (tertiary/aromatic N) is 4. The van der Waals surface area contributed by atoms with Gasteiger partial charge in [0.1, 0.15) is 11.6 Å².